The first-order valence-corrected chi connectivity index (χ1v) is 7.71. The molecule has 2 atom stereocenters. The van der Waals surface area contributed by atoms with Crippen LogP contribution in [0.5, 0.6) is 0 Å². The Morgan fingerprint density at radius 2 is 2.06 bits per heavy atom. The zero-order chi connectivity index (χ0) is 13.0. The summed E-state index contributed by atoms with van der Waals surface area (Å²) >= 11 is 0. The van der Waals surface area contributed by atoms with E-state index < -0.39 is 0 Å². The first kappa shape index (κ1) is 13.9. The SMILES string of the molecule is CCC1CC(C)CN1C(=O)CCC1CCNCC1. The topological polar surface area (TPSA) is 32.3 Å². The summed E-state index contributed by atoms with van der Waals surface area (Å²) in [6, 6.07) is 0.514. The summed E-state index contributed by atoms with van der Waals surface area (Å²) in [5.74, 6) is 1.87. The van der Waals surface area contributed by atoms with Gasteiger partial charge in [-0.1, -0.05) is 13.8 Å². The van der Waals surface area contributed by atoms with Crippen molar-refractivity contribution in [3.05, 3.63) is 0 Å². The molecule has 104 valence electrons. The van der Waals surface area contributed by atoms with Gasteiger partial charge in [-0.25, -0.2) is 0 Å². The van der Waals surface area contributed by atoms with E-state index in [1.54, 1.807) is 0 Å². The molecule has 2 aliphatic rings. The third kappa shape index (κ3) is 3.47. The van der Waals surface area contributed by atoms with Gasteiger partial charge in [0.15, 0.2) is 0 Å². The van der Waals surface area contributed by atoms with Crippen molar-refractivity contribution in [2.24, 2.45) is 11.8 Å². The number of rotatable bonds is 4. The van der Waals surface area contributed by atoms with E-state index in [0.29, 0.717) is 17.9 Å². The van der Waals surface area contributed by atoms with Crippen LogP contribution in [0, 0.1) is 11.8 Å². The molecule has 0 aromatic carbocycles. The predicted octanol–water partition coefficient (Wildman–Crippen LogP) is 2.41. The fourth-order valence-electron chi connectivity index (χ4n) is 3.49. The minimum atomic E-state index is 0.407. The molecule has 0 spiro atoms. The van der Waals surface area contributed by atoms with Crippen molar-refractivity contribution in [2.75, 3.05) is 19.6 Å². The van der Waals surface area contributed by atoms with Gasteiger partial charge in [0.05, 0.1) is 0 Å². The van der Waals surface area contributed by atoms with Crippen LogP contribution in [-0.4, -0.2) is 36.5 Å². The number of hydrogen-bond donors (Lipinski definition) is 1. The minimum Gasteiger partial charge on any atom is -0.339 e. The molecule has 0 aromatic heterocycles. The molecule has 3 nitrogen and oxygen atoms in total. The van der Waals surface area contributed by atoms with Gasteiger partial charge < -0.3 is 10.2 Å². The summed E-state index contributed by atoms with van der Waals surface area (Å²) < 4.78 is 0. The van der Waals surface area contributed by atoms with Crippen molar-refractivity contribution in [1.82, 2.24) is 10.2 Å². The Bertz CT molecular complexity index is 274. The van der Waals surface area contributed by atoms with Crippen molar-refractivity contribution < 1.29 is 4.79 Å². The smallest absolute Gasteiger partial charge is 0.222 e. The highest BCUT2D eigenvalue weighted by Crippen LogP contribution is 2.27. The summed E-state index contributed by atoms with van der Waals surface area (Å²) in [6.45, 7) is 7.73. The molecule has 2 saturated heterocycles. The van der Waals surface area contributed by atoms with Crippen LogP contribution >= 0.6 is 0 Å². The zero-order valence-electron chi connectivity index (χ0n) is 12.0. The summed E-state index contributed by atoms with van der Waals surface area (Å²) in [5, 5.41) is 3.38. The van der Waals surface area contributed by atoms with E-state index in [1.165, 1.54) is 19.3 Å². The van der Waals surface area contributed by atoms with E-state index in [2.05, 4.69) is 24.1 Å². The quantitative estimate of drug-likeness (QED) is 0.833. The monoisotopic (exact) mass is 252 g/mol. The van der Waals surface area contributed by atoms with Gasteiger partial charge in [-0.3, -0.25) is 4.79 Å². The lowest BCUT2D eigenvalue weighted by atomic mass is 9.93. The molecule has 0 bridgehead atoms. The van der Waals surface area contributed by atoms with E-state index in [-0.39, 0.29) is 0 Å². The predicted molar refractivity (Wildman–Crippen MR) is 74.4 cm³/mol. The van der Waals surface area contributed by atoms with Crippen LogP contribution in [0.15, 0.2) is 0 Å². The molecule has 2 aliphatic heterocycles. The standard InChI is InChI=1S/C15H28N2O/c1-3-14-10-12(2)11-17(14)15(18)5-4-13-6-8-16-9-7-13/h12-14,16H,3-11H2,1-2H3. The lowest BCUT2D eigenvalue weighted by molar-refractivity contribution is -0.132. The second kappa shape index (κ2) is 6.55. The summed E-state index contributed by atoms with van der Waals surface area (Å²) in [4.78, 5) is 14.5. The number of nitrogens with zero attached hydrogens (tertiary/aromatic N) is 1. The molecule has 1 N–H and O–H groups in total. The van der Waals surface area contributed by atoms with Gasteiger partial charge in [-0.05, 0) is 57.0 Å². The van der Waals surface area contributed by atoms with Gasteiger partial charge in [0.1, 0.15) is 0 Å². The van der Waals surface area contributed by atoms with Gasteiger partial charge in [-0.2, -0.15) is 0 Å². The van der Waals surface area contributed by atoms with Crippen LogP contribution in [0.3, 0.4) is 0 Å². The van der Waals surface area contributed by atoms with Crippen molar-refractivity contribution in [2.45, 2.75) is 58.4 Å². The average molecular weight is 252 g/mol. The molecule has 18 heavy (non-hydrogen) atoms. The Kier molecular flexibility index (Phi) is 5.04. The highest BCUT2D eigenvalue weighted by Gasteiger charge is 2.31. The van der Waals surface area contributed by atoms with Crippen LogP contribution in [0.2, 0.25) is 0 Å². The first-order chi connectivity index (χ1) is 8.70. The zero-order valence-corrected chi connectivity index (χ0v) is 12.0. The van der Waals surface area contributed by atoms with Gasteiger partial charge in [0.25, 0.3) is 0 Å². The van der Waals surface area contributed by atoms with Gasteiger partial charge in [0.2, 0.25) is 5.91 Å². The van der Waals surface area contributed by atoms with Gasteiger partial charge in [0, 0.05) is 19.0 Å². The maximum atomic E-state index is 12.3. The maximum Gasteiger partial charge on any atom is 0.222 e. The lowest BCUT2D eigenvalue weighted by Crippen LogP contribution is -2.36. The lowest BCUT2D eigenvalue weighted by Gasteiger charge is -2.26. The Labute approximate surface area is 111 Å². The van der Waals surface area contributed by atoms with Crippen LogP contribution in [-0.2, 0) is 4.79 Å². The summed E-state index contributed by atoms with van der Waals surface area (Å²) in [5.41, 5.74) is 0. The molecular weight excluding hydrogens is 224 g/mol. The number of piperidine rings is 1. The molecule has 0 aliphatic carbocycles. The maximum absolute atomic E-state index is 12.3. The van der Waals surface area contributed by atoms with Crippen molar-refractivity contribution in [3.8, 4) is 0 Å². The number of hydrogen-bond acceptors (Lipinski definition) is 2. The molecule has 2 rings (SSSR count). The molecular formula is C15H28N2O. The Hall–Kier alpha value is -0.570. The first-order valence-electron chi connectivity index (χ1n) is 7.71. The fourth-order valence-corrected chi connectivity index (χ4v) is 3.49. The van der Waals surface area contributed by atoms with Crippen LogP contribution in [0.4, 0.5) is 0 Å². The minimum absolute atomic E-state index is 0.407. The largest absolute Gasteiger partial charge is 0.339 e. The van der Waals surface area contributed by atoms with Gasteiger partial charge in [-0.15, -0.1) is 0 Å². The molecule has 1 amide bonds. The van der Waals surface area contributed by atoms with Crippen molar-refractivity contribution in [3.63, 3.8) is 0 Å². The van der Waals surface area contributed by atoms with Crippen molar-refractivity contribution in [1.29, 1.82) is 0 Å². The fraction of sp³-hybridized carbons (Fsp3) is 0.933. The van der Waals surface area contributed by atoms with Crippen molar-refractivity contribution >= 4 is 5.91 Å². The second-order valence-corrected chi connectivity index (χ2v) is 6.18. The Balaban J connectivity index is 1.76. The average Bonchev–Trinajstić information content (AvgIpc) is 2.78. The number of carbonyl (C=O) groups is 1. The van der Waals surface area contributed by atoms with E-state index in [0.717, 1.165) is 44.8 Å². The Morgan fingerprint density at radius 1 is 1.33 bits per heavy atom. The number of carbonyl (C=O) groups excluding carboxylic acids is 1. The van der Waals surface area contributed by atoms with E-state index >= 15 is 0 Å². The van der Waals surface area contributed by atoms with Crippen LogP contribution in [0.1, 0.15) is 52.4 Å². The third-order valence-corrected chi connectivity index (χ3v) is 4.64. The van der Waals surface area contributed by atoms with E-state index in [4.69, 9.17) is 0 Å². The van der Waals surface area contributed by atoms with E-state index in [1.807, 2.05) is 0 Å². The molecule has 2 heterocycles. The highest BCUT2D eigenvalue weighted by molar-refractivity contribution is 5.76. The van der Waals surface area contributed by atoms with E-state index in [9.17, 15) is 4.79 Å². The van der Waals surface area contributed by atoms with Gasteiger partial charge >= 0.3 is 0 Å². The number of likely N-dealkylation sites (tertiary alicyclic amines) is 1. The summed E-state index contributed by atoms with van der Waals surface area (Å²) in [7, 11) is 0. The number of nitrogens with one attached hydrogen (secondary N) is 1. The highest BCUT2D eigenvalue weighted by atomic mass is 16.2. The van der Waals surface area contributed by atoms with Crippen LogP contribution < -0.4 is 5.32 Å². The third-order valence-electron chi connectivity index (χ3n) is 4.64. The Morgan fingerprint density at radius 3 is 2.72 bits per heavy atom. The summed E-state index contributed by atoms with van der Waals surface area (Å²) in [6.07, 6.45) is 6.69. The normalized spacial score (nSPS) is 29.8. The van der Waals surface area contributed by atoms with Crippen LogP contribution in [0.25, 0.3) is 0 Å². The molecule has 3 heteroatoms. The molecule has 0 saturated carbocycles. The molecule has 2 fully saturated rings. The molecule has 0 aromatic rings. The number of amides is 1. The second-order valence-electron chi connectivity index (χ2n) is 6.18. The molecule has 0 radical (unpaired) electrons. The molecule has 2 unspecified atom stereocenters.